The lowest BCUT2D eigenvalue weighted by Crippen LogP contribution is -2.54. The van der Waals surface area contributed by atoms with Crippen LogP contribution in [0.1, 0.15) is 38.4 Å². The van der Waals surface area contributed by atoms with E-state index in [0.29, 0.717) is 6.42 Å². The van der Waals surface area contributed by atoms with Gasteiger partial charge in [0.1, 0.15) is 5.01 Å². The van der Waals surface area contributed by atoms with Crippen LogP contribution in [-0.4, -0.2) is 34.9 Å². The summed E-state index contributed by atoms with van der Waals surface area (Å²) in [5.74, 6) is 0.151. The number of hydrogen-bond donors (Lipinski definition) is 1. The number of carbonyl (C=O) groups excluding carboxylic acids is 1. The Labute approximate surface area is 154 Å². The van der Waals surface area contributed by atoms with Crippen LogP contribution in [0.25, 0.3) is 10.6 Å². The van der Waals surface area contributed by atoms with Crippen LogP contribution in [0, 0.1) is 5.41 Å². The zero-order valence-corrected chi connectivity index (χ0v) is 16.1. The molecule has 3 rings (SSSR count). The second kappa shape index (κ2) is 7.26. The molecule has 1 fully saturated rings. The molecule has 1 aromatic carbocycles. The van der Waals surface area contributed by atoms with Gasteiger partial charge in [-0.2, -0.15) is 0 Å². The van der Waals surface area contributed by atoms with Gasteiger partial charge in [-0.3, -0.25) is 4.79 Å². The van der Waals surface area contributed by atoms with E-state index in [2.05, 4.69) is 50.0 Å². The molecule has 1 saturated heterocycles. The van der Waals surface area contributed by atoms with Gasteiger partial charge >= 0.3 is 0 Å². The number of likely N-dealkylation sites (tertiary alicyclic amines) is 1. The molecule has 4 nitrogen and oxygen atoms in total. The van der Waals surface area contributed by atoms with Crippen molar-refractivity contribution in [2.24, 2.45) is 11.1 Å². The van der Waals surface area contributed by atoms with Gasteiger partial charge in [-0.05, 0) is 23.8 Å². The van der Waals surface area contributed by atoms with E-state index in [1.165, 1.54) is 5.56 Å². The molecular weight excluding hydrogens is 330 g/mol. The predicted octanol–water partition coefficient (Wildman–Crippen LogP) is 3.50. The average Bonchev–Trinajstić information content (AvgIpc) is 3.05. The number of nitrogens with zero attached hydrogens (tertiary/aromatic N) is 2. The van der Waals surface area contributed by atoms with Crippen LogP contribution in [0.2, 0.25) is 0 Å². The molecule has 0 spiro atoms. The summed E-state index contributed by atoms with van der Waals surface area (Å²) in [7, 11) is 0. The fourth-order valence-electron chi connectivity index (χ4n) is 3.26. The van der Waals surface area contributed by atoms with E-state index in [4.69, 9.17) is 5.73 Å². The molecule has 1 atom stereocenters. The molecule has 2 N–H and O–H groups in total. The van der Waals surface area contributed by atoms with Gasteiger partial charge in [0.25, 0.3) is 0 Å². The van der Waals surface area contributed by atoms with Gasteiger partial charge in [0.15, 0.2) is 0 Å². The Balaban J connectivity index is 1.65. The molecule has 1 aromatic heterocycles. The molecule has 134 valence electrons. The van der Waals surface area contributed by atoms with Gasteiger partial charge in [0.05, 0.1) is 12.1 Å². The first kappa shape index (κ1) is 18.1. The molecule has 1 aliphatic rings. The first-order valence-corrected chi connectivity index (χ1v) is 9.84. The van der Waals surface area contributed by atoms with Crippen molar-refractivity contribution in [2.75, 3.05) is 13.1 Å². The van der Waals surface area contributed by atoms with Crippen LogP contribution in [0.3, 0.4) is 0 Å². The number of aryl methyl sites for hydroxylation is 1. The number of carbonyl (C=O) groups is 1. The van der Waals surface area contributed by atoms with Crippen LogP contribution in [0.15, 0.2) is 29.6 Å². The summed E-state index contributed by atoms with van der Waals surface area (Å²) >= 11 is 1.60. The summed E-state index contributed by atoms with van der Waals surface area (Å²) in [5.41, 5.74) is 9.44. The Morgan fingerprint density at radius 1 is 1.36 bits per heavy atom. The number of benzene rings is 1. The summed E-state index contributed by atoms with van der Waals surface area (Å²) in [6.07, 6.45) is 2.27. The Hall–Kier alpha value is -1.72. The Morgan fingerprint density at radius 3 is 2.72 bits per heavy atom. The van der Waals surface area contributed by atoms with Crippen LogP contribution >= 0.6 is 11.3 Å². The van der Waals surface area contributed by atoms with Crippen molar-refractivity contribution in [3.8, 4) is 10.6 Å². The molecule has 2 heterocycles. The van der Waals surface area contributed by atoms with Gasteiger partial charge in [0.2, 0.25) is 5.91 Å². The number of hydrogen-bond acceptors (Lipinski definition) is 4. The maximum atomic E-state index is 12.6. The van der Waals surface area contributed by atoms with Crippen molar-refractivity contribution < 1.29 is 4.79 Å². The third kappa shape index (κ3) is 4.10. The topological polar surface area (TPSA) is 59.2 Å². The van der Waals surface area contributed by atoms with Crippen LogP contribution in [0.5, 0.6) is 0 Å². The molecule has 2 aromatic rings. The van der Waals surface area contributed by atoms with Gasteiger partial charge in [0, 0.05) is 30.1 Å². The molecule has 25 heavy (non-hydrogen) atoms. The number of aromatic nitrogens is 1. The van der Waals surface area contributed by atoms with Crippen molar-refractivity contribution >= 4 is 17.2 Å². The molecule has 0 aliphatic carbocycles. The van der Waals surface area contributed by atoms with Crippen molar-refractivity contribution in [3.63, 3.8) is 0 Å². The number of amides is 1. The standard InChI is InChI=1S/C20H27N3OS/c1-4-14-5-7-15(8-6-14)19-22-16(12-25-19)11-18(24)23-10-9-17(21)20(2,3)13-23/h5-8,12,17H,4,9-11,13,21H2,1-3H3. The summed E-state index contributed by atoms with van der Waals surface area (Å²) in [5, 5.41) is 2.98. The predicted molar refractivity (Wildman–Crippen MR) is 104 cm³/mol. The van der Waals surface area contributed by atoms with Crippen LogP contribution in [0.4, 0.5) is 0 Å². The maximum absolute atomic E-state index is 12.6. The molecule has 0 saturated carbocycles. The summed E-state index contributed by atoms with van der Waals surface area (Å²) in [6, 6.07) is 8.66. The quantitative estimate of drug-likeness (QED) is 0.911. The fourth-order valence-corrected chi connectivity index (χ4v) is 4.08. The summed E-state index contributed by atoms with van der Waals surface area (Å²) in [6.45, 7) is 7.90. The number of nitrogens with two attached hydrogens (primary N) is 1. The summed E-state index contributed by atoms with van der Waals surface area (Å²) in [4.78, 5) is 19.3. The lowest BCUT2D eigenvalue weighted by molar-refractivity contribution is -0.133. The van der Waals surface area contributed by atoms with Crippen molar-refractivity contribution in [2.45, 2.75) is 46.1 Å². The first-order valence-electron chi connectivity index (χ1n) is 8.96. The Kier molecular flexibility index (Phi) is 5.25. The molecular formula is C20H27N3OS. The Bertz CT molecular complexity index is 736. The number of thiazole rings is 1. The molecule has 0 bridgehead atoms. The smallest absolute Gasteiger partial charge is 0.228 e. The highest BCUT2D eigenvalue weighted by atomic mass is 32.1. The highest BCUT2D eigenvalue weighted by Gasteiger charge is 2.35. The van der Waals surface area contributed by atoms with Crippen molar-refractivity contribution in [3.05, 3.63) is 40.9 Å². The molecule has 5 heteroatoms. The summed E-state index contributed by atoms with van der Waals surface area (Å²) < 4.78 is 0. The zero-order valence-electron chi connectivity index (χ0n) is 15.3. The molecule has 0 radical (unpaired) electrons. The van der Waals surface area contributed by atoms with E-state index >= 15 is 0 Å². The van der Waals surface area contributed by atoms with Gasteiger partial charge in [-0.15, -0.1) is 11.3 Å². The van der Waals surface area contributed by atoms with E-state index in [1.807, 2.05) is 10.3 Å². The zero-order chi connectivity index (χ0) is 18.0. The van der Waals surface area contributed by atoms with Crippen LogP contribution in [-0.2, 0) is 17.6 Å². The second-order valence-corrected chi connectivity index (χ2v) is 8.43. The number of piperidine rings is 1. The van der Waals surface area contributed by atoms with Crippen LogP contribution < -0.4 is 5.73 Å². The Morgan fingerprint density at radius 2 is 2.08 bits per heavy atom. The van der Waals surface area contributed by atoms with Gasteiger partial charge in [-0.1, -0.05) is 45.0 Å². The van der Waals surface area contributed by atoms with Crippen molar-refractivity contribution in [1.29, 1.82) is 0 Å². The van der Waals surface area contributed by atoms with E-state index in [9.17, 15) is 4.79 Å². The van der Waals surface area contributed by atoms with Gasteiger partial charge < -0.3 is 10.6 Å². The maximum Gasteiger partial charge on any atom is 0.228 e. The van der Waals surface area contributed by atoms with E-state index < -0.39 is 0 Å². The first-order chi connectivity index (χ1) is 11.9. The third-order valence-corrected chi connectivity index (χ3v) is 6.10. The molecule has 1 aliphatic heterocycles. The van der Waals surface area contributed by atoms with Crippen molar-refractivity contribution in [1.82, 2.24) is 9.88 Å². The van der Waals surface area contributed by atoms with E-state index in [-0.39, 0.29) is 17.4 Å². The highest BCUT2D eigenvalue weighted by molar-refractivity contribution is 7.13. The third-order valence-electron chi connectivity index (χ3n) is 5.16. The highest BCUT2D eigenvalue weighted by Crippen LogP contribution is 2.29. The molecule has 1 amide bonds. The average molecular weight is 358 g/mol. The lowest BCUT2D eigenvalue weighted by Gasteiger charge is -2.42. The minimum absolute atomic E-state index is 0.0256. The lowest BCUT2D eigenvalue weighted by atomic mass is 9.79. The van der Waals surface area contributed by atoms with Gasteiger partial charge in [-0.25, -0.2) is 4.98 Å². The minimum atomic E-state index is -0.0256. The van der Waals surface area contributed by atoms with E-state index in [1.54, 1.807) is 11.3 Å². The number of rotatable bonds is 4. The SMILES string of the molecule is CCc1ccc(-c2nc(CC(=O)N3CCC(N)C(C)(C)C3)cs2)cc1. The van der Waals surface area contributed by atoms with E-state index in [0.717, 1.165) is 42.2 Å². The monoisotopic (exact) mass is 357 g/mol. The fraction of sp³-hybridized carbons (Fsp3) is 0.500. The molecule has 1 unspecified atom stereocenters. The normalized spacial score (nSPS) is 19.8. The second-order valence-electron chi connectivity index (χ2n) is 7.57. The largest absolute Gasteiger partial charge is 0.342 e. The minimum Gasteiger partial charge on any atom is -0.342 e.